The summed E-state index contributed by atoms with van der Waals surface area (Å²) in [6.07, 6.45) is 5.66. The van der Waals surface area contributed by atoms with E-state index >= 15 is 0 Å². The van der Waals surface area contributed by atoms with Crippen LogP contribution in [-0.4, -0.2) is 47.4 Å². The molecule has 0 N–H and O–H groups in total. The Bertz CT molecular complexity index is 1100. The third-order valence-corrected chi connectivity index (χ3v) is 5.28. The van der Waals surface area contributed by atoms with Crippen molar-refractivity contribution < 1.29 is 4.39 Å². The van der Waals surface area contributed by atoms with Gasteiger partial charge < -0.3 is 0 Å². The van der Waals surface area contributed by atoms with Crippen LogP contribution >= 0.6 is 0 Å². The highest BCUT2D eigenvalue weighted by atomic mass is 19.1. The molecule has 1 fully saturated rings. The van der Waals surface area contributed by atoms with Crippen LogP contribution in [0.1, 0.15) is 30.1 Å². The predicted molar refractivity (Wildman–Crippen MR) is 98.7 cm³/mol. The smallest absolute Gasteiger partial charge is 0.170 e. The normalized spacial score (nSPS) is 18.5. The lowest BCUT2D eigenvalue weighted by Crippen LogP contribution is -2.34. The number of aryl methyl sites for hydroxylation is 1. The number of aromatic nitrogens is 6. The van der Waals surface area contributed by atoms with E-state index in [2.05, 4.69) is 20.1 Å². The Kier molecular flexibility index (Phi) is 3.86. The minimum Gasteiger partial charge on any atom is -0.298 e. The lowest BCUT2D eigenvalue weighted by molar-refractivity contribution is 0.196. The lowest BCUT2D eigenvalue weighted by atomic mass is 9.97. The van der Waals surface area contributed by atoms with Gasteiger partial charge in [-0.05, 0) is 37.1 Å². The second-order valence-electron chi connectivity index (χ2n) is 7.19. The first-order chi connectivity index (χ1) is 13.2. The molecule has 4 aromatic rings. The van der Waals surface area contributed by atoms with E-state index in [1.165, 1.54) is 12.1 Å². The van der Waals surface area contributed by atoms with Crippen LogP contribution in [0.3, 0.4) is 0 Å². The summed E-state index contributed by atoms with van der Waals surface area (Å²) in [7, 11) is 1.87. The molecular formula is C19H20FN7. The Morgan fingerprint density at radius 2 is 2.04 bits per heavy atom. The van der Waals surface area contributed by atoms with Gasteiger partial charge in [-0.25, -0.2) is 18.9 Å². The summed E-state index contributed by atoms with van der Waals surface area (Å²) < 4.78 is 16.6. The van der Waals surface area contributed by atoms with Crippen molar-refractivity contribution in [3.63, 3.8) is 0 Å². The maximum Gasteiger partial charge on any atom is 0.170 e. The highest BCUT2D eigenvalue weighted by Crippen LogP contribution is 2.27. The number of nitrogens with zero attached hydrogens (tertiary/aromatic N) is 7. The number of piperidine rings is 1. The molecule has 1 aliphatic heterocycles. The topological polar surface area (TPSA) is 64.1 Å². The van der Waals surface area contributed by atoms with E-state index in [9.17, 15) is 4.39 Å². The Balaban J connectivity index is 1.40. The molecule has 0 radical (unpaired) electrons. The first-order valence-electron chi connectivity index (χ1n) is 9.17. The fraction of sp³-hybridized carbons (Fsp3) is 0.368. The van der Waals surface area contributed by atoms with Gasteiger partial charge in [-0.15, -0.1) is 5.10 Å². The van der Waals surface area contributed by atoms with Gasteiger partial charge in [0.05, 0.1) is 11.6 Å². The second kappa shape index (κ2) is 6.38. The van der Waals surface area contributed by atoms with E-state index in [1.807, 2.05) is 19.2 Å². The van der Waals surface area contributed by atoms with Gasteiger partial charge in [0, 0.05) is 26.1 Å². The van der Waals surface area contributed by atoms with Gasteiger partial charge in [0.2, 0.25) is 0 Å². The Morgan fingerprint density at radius 3 is 2.89 bits per heavy atom. The molecule has 3 aromatic heterocycles. The third-order valence-electron chi connectivity index (χ3n) is 5.28. The standard InChI is InChI=1S/C19H20FN7/c1-25-18-16(9-22-25)19-23-17(24-27(19)12-21-18)14-3-2-8-26(11-14)10-13-4-6-15(20)7-5-13/h4-7,9,12,14H,2-3,8,10-11H2,1H3/t14-/m0/s1. The van der Waals surface area contributed by atoms with Gasteiger partial charge in [-0.1, -0.05) is 12.1 Å². The zero-order valence-corrected chi connectivity index (χ0v) is 15.1. The van der Waals surface area contributed by atoms with Crippen LogP contribution < -0.4 is 0 Å². The van der Waals surface area contributed by atoms with E-state index in [1.54, 1.807) is 21.7 Å². The molecule has 1 aromatic carbocycles. The van der Waals surface area contributed by atoms with Crippen molar-refractivity contribution in [2.24, 2.45) is 7.05 Å². The summed E-state index contributed by atoms with van der Waals surface area (Å²) >= 11 is 0. The average molecular weight is 365 g/mol. The van der Waals surface area contributed by atoms with E-state index in [4.69, 9.17) is 4.98 Å². The van der Waals surface area contributed by atoms with Crippen molar-refractivity contribution in [1.82, 2.24) is 34.3 Å². The van der Waals surface area contributed by atoms with Crippen LogP contribution in [0.15, 0.2) is 36.8 Å². The highest BCUT2D eigenvalue weighted by molar-refractivity contribution is 5.88. The average Bonchev–Trinajstić information content (AvgIpc) is 3.28. The van der Waals surface area contributed by atoms with Crippen LogP contribution in [0.2, 0.25) is 0 Å². The first-order valence-corrected chi connectivity index (χ1v) is 9.17. The van der Waals surface area contributed by atoms with Crippen LogP contribution in [0.4, 0.5) is 4.39 Å². The van der Waals surface area contributed by atoms with Crippen molar-refractivity contribution in [3.8, 4) is 0 Å². The van der Waals surface area contributed by atoms with Crippen molar-refractivity contribution >= 4 is 16.7 Å². The molecule has 1 aliphatic rings. The minimum atomic E-state index is -0.195. The molecule has 7 nitrogen and oxygen atoms in total. The summed E-state index contributed by atoms with van der Waals surface area (Å²) in [5.74, 6) is 0.947. The van der Waals surface area contributed by atoms with Crippen molar-refractivity contribution in [2.45, 2.75) is 25.3 Å². The zero-order valence-electron chi connectivity index (χ0n) is 15.1. The molecule has 0 unspecified atom stereocenters. The van der Waals surface area contributed by atoms with Crippen molar-refractivity contribution in [1.29, 1.82) is 0 Å². The van der Waals surface area contributed by atoms with Crippen molar-refractivity contribution in [2.75, 3.05) is 13.1 Å². The minimum absolute atomic E-state index is 0.195. The molecule has 0 saturated carbocycles. The Labute approximate surface area is 155 Å². The number of hydrogen-bond donors (Lipinski definition) is 0. The second-order valence-corrected chi connectivity index (χ2v) is 7.19. The van der Waals surface area contributed by atoms with Gasteiger partial charge in [0.1, 0.15) is 12.1 Å². The molecule has 0 aliphatic carbocycles. The summed E-state index contributed by atoms with van der Waals surface area (Å²) in [4.78, 5) is 11.6. The predicted octanol–water partition coefficient (Wildman–Crippen LogP) is 2.53. The van der Waals surface area contributed by atoms with Gasteiger partial charge in [-0.3, -0.25) is 9.58 Å². The largest absolute Gasteiger partial charge is 0.298 e. The molecule has 4 heterocycles. The SMILES string of the molecule is Cn1ncc2c1ncn1nc([C@H]3CCCN(Cc4ccc(F)cc4)C3)nc21. The number of benzene rings is 1. The number of fused-ring (bicyclic) bond motifs is 3. The molecule has 0 amide bonds. The van der Waals surface area contributed by atoms with Crippen LogP contribution in [0.5, 0.6) is 0 Å². The molecular weight excluding hydrogens is 345 g/mol. The quantitative estimate of drug-likeness (QED) is 0.558. The molecule has 27 heavy (non-hydrogen) atoms. The van der Waals surface area contributed by atoms with Gasteiger partial charge >= 0.3 is 0 Å². The summed E-state index contributed by atoms with van der Waals surface area (Å²) in [6, 6.07) is 6.75. The fourth-order valence-electron chi connectivity index (χ4n) is 3.89. The molecule has 1 saturated heterocycles. The molecule has 1 atom stereocenters. The van der Waals surface area contributed by atoms with E-state index in [0.29, 0.717) is 0 Å². The van der Waals surface area contributed by atoms with Crippen molar-refractivity contribution in [3.05, 3.63) is 54.0 Å². The third kappa shape index (κ3) is 2.95. The zero-order chi connectivity index (χ0) is 18.4. The van der Waals surface area contributed by atoms with Gasteiger partial charge in [-0.2, -0.15) is 5.10 Å². The number of hydrogen-bond acceptors (Lipinski definition) is 5. The van der Waals surface area contributed by atoms with Gasteiger partial charge in [0.25, 0.3) is 0 Å². The van der Waals surface area contributed by atoms with E-state index in [-0.39, 0.29) is 11.7 Å². The molecule has 8 heteroatoms. The number of likely N-dealkylation sites (tertiary alicyclic amines) is 1. The van der Waals surface area contributed by atoms with Crippen LogP contribution in [0.25, 0.3) is 16.7 Å². The summed E-state index contributed by atoms with van der Waals surface area (Å²) in [5.41, 5.74) is 2.74. The van der Waals surface area contributed by atoms with Gasteiger partial charge in [0.15, 0.2) is 17.1 Å². The number of halogens is 1. The maximum atomic E-state index is 13.1. The first kappa shape index (κ1) is 16.3. The molecule has 5 rings (SSSR count). The molecule has 0 spiro atoms. The fourth-order valence-corrected chi connectivity index (χ4v) is 3.89. The Morgan fingerprint density at radius 1 is 1.19 bits per heavy atom. The summed E-state index contributed by atoms with van der Waals surface area (Å²) in [6.45, 7) is 2.76. The summed E-state index contributed by atoms with van der Waals surface area (Å²) in [5, 5.41) is 9.86. The maximum absolute atomic E-state index is 13.1. The van der Waals surface area contributed by atoms with Crippen LogP contribution in [-0.2, 0) is 13.6 Å². The Hall–Kier alpha value is -2.87. The molecule has 0 bridgehead atoms. The van der Waals surface area contributed by atoms with Crippen LogP contribution in [0, 0.1) is 5.82 Å². The lowest BCUT2D eigenvalue weighted by Gasteiger charge is -2.31. The number of rotatable bonds is 3. The van der Waals surface area contributed by atoms with E-state index in [0.717, 1.165) is 60.5 Å². The molecule has 138 valence electrons. The highest BCUT2D eigenvalue weighted by Gasteiger charge is 2.25. The monoisotopic (exact) mass is 365 g/mol. The van der Waals surface area contributed by atoms with E-state index < -0.39 is 0 Å².